The van der Waals surface area contributed by atoms with Gasteiger partial charge in [0.25, 0.3) is 11.7 Å². The summed E-state index contributed by atoms with van der Waals surface area (Å²) in [6.45, 7) is 6.78. The van der Waals surface area contributed by atoms with Gasteiger partial charge in [-0.3, -0.25) is 9.59 Å². The molecule has 6 nitrogen and oxygen atoms in total. The molecule has 0 bridgehead atoms. The van der Waals surface area contributed by atoms with Gasteiger partial charge < -0.3 is 19.5 Å². The number of likely N-dealkylation sites (tertiary alicyclic amines) is 1. The fourth-order valence-electron chi connectivity index (χ4n) is 4.79. The first-order chi connectivity index (χ1) is 18.3. The molecule has 1 unspecified atom stereocenters. The van der Waals surface area contributed by atoms with Crippen molar-refractivity contribution in [3.63, 3.8) is 0 Å². The quantitative estimate of drug-likeness (QED) is 0.152. The summed E-state index contributed by atoms with van der Waals surface area (Å²) in [6, 6.07) is 20.2. The molecule has 0 saturated carbocycles. The van der Waals surface area contributed by atoms with E-state index in [-0.39, 0.29) is 11.3 Å². The Labute approximate surface area is 224 Å². The maximum absolute atomic E-state index is 13.5. The molecular weight excluding hydrogens is 478 g/mol. The molecule has 1 atom stereocenters. The maximum Gasteiger partial charge on any atom is 0.295 e. The molecule has 6 heteroatoms. The van der Waals surface area contributed by atoms with Crippen molar-refractivity contribution in [1.82, 2.24) is 4.90 Å². The highest BCUT2D eigenvalue weighted by Crippen LogP contribution is 2.42. The molecule has 1 aliphatic rings. The smallest absolute Gasteiger partial charge is 0.295 e. The number of carbonyl (C=O) groups is 2. The Balaban J connectivity index is 1.81. The number of hydrogen-bond acceptors (Lipinski definition) is 5. The Bertz CT molecular complexity index is 1350. The second kappa shape index (κ2) is 12.0. The van der Waals surface area contributed by atoms with Crippen molar-refractivity contribution in [2.75, 3.05) is 20.3 Å². The minimum Gasteiger partial charge on any atom is -0.507 e. The van der Waals surface area contributed by atoms with E-state index in [1.165, 1.54) is 0 Å². The Hall–Kier alpha value is -4.06. The Morgan fingerprint density at radius 2 is 1.74 bits per heavy atom. The summed E-state index contributed by atoms with van der Waals surface area (Å²) in [6.07, 6.45) is 2.50. The number of unbranched alkanes of at least 4 members (excludes halogenated alkanes) is 1. The van der Waals surface area contributed by atoms with Crippen molar-refractivity contribution in [3.8, 4) is 11.5 Å². The molecule has 38 heavy (non-hydrogen) atoms. The number of nitrogens with zero attached hydrogens (tertiary/aromatic N) is 1. The number of aliphatic hydroxyl groups excluding tert-OH is 1. The van der Waals surface area contributed by atoms with Crippen LogP contribution in [-0.2, 0) is 16.0 Å². The van der Waals surface area contributed by atoms with Crippen LogP contribution in [0.5, 0.6) is 11.5 Å². The lowest BCUT2D eigenvalue weighted by Crippen LogP contribution is -2.31. The van der Waals surface area contributed by atoms with Crippen molar-refractivity contribution in [2.45, 2.75) is 46.1 Å². The average molecular weight is 514 g/mol. The lowest BCUT2D eigenvalue weighted by atomic mass is 9.93. The van der Waals surface area contributed by atoms with Crippen molar-refractivity contribution in [2.24, 2.45) is 0 Å². The molecule has 0 radical (unpaired) electrons. The number of aryl methyl sites for hydroxylation is 2. The molecule has 3 aromatic carbocycles. The van der Waals surface area contributed by atoms with Crippen molar-refractivity contribution in [1.29, 1.82) is 0 Å². The first kappa shape index (κ1) is 27.0. The van der Waals surface area contributed by atoms with E-state index in [2.05, 4.69) is 6.92 Å². The van der Waals surface area contributed by atoms with Gasteiger partial charge in [0.1, 0.15) is 5.76 Å². The molecule has 1 aliphatic heterocycles. The molecule has 3 aromatic rings. The van der Waals surface area contributed by atoms with E-state index in [1.807, 2.05) is 68.4 Å². The van der Waals surface area contributed by atoms with Crippen LogP contribution in [0.3, 0.4) is 0 Å². The lowest BCUT2D eigenvalue weighted by molar-refractivity contribution is -0.139. The van der Waals surface area contributed by atoms with E-state index >= 15 is 0 Å². The van der Waals surface area contributed by atoms with Crippen molar-refractivity contribution < 1.29 is 24.2 Å². The van der Waals surface area contributed by atoms with Gasteiger partial charge in [-0.05, 0) is 61.6 Å². The van der Waals surface area contributed by atoms with Crippen LogP contribution in [0, 0.1) is 13.8 Å². The van der Waals surface area contributed by atoms with E-state index in [1.54, 1.807) is 24.1 Å². The molecular formula is C32H35NO5. The number of rotatable bonds is 10. The zero-order valence-corrected chi connectivity index (χ0v) is 22.5. The minimum absolute atomic E-state index is 0.0819. The number of hydrogen-bond donors (Lipinski definition) is 1. The topological polar surface area (TPSA) is 76.1 Å². The number of carbonyl (C=O) groups excluding carboxylic acids is 2. The molecule has 0 spiro atoms. The fourth-order valence-corrected chi connectivity index (χ4v) is 4.79. The van der Waals surface area contributed by atoms with Gasteiger partial charge in [-0.25, -0.2) is 0 Å². The largest absolute Gasteiger partial charge is 0.507 e. The summed E-state index contributed by atoms with van der Waals surface area (Å²) in [5, 5.41) is 11.5. The number of Topliss-reactive ketones (excluding diaryl/α,β-unsaturated/α-hetero) is 1. The van der Waals surface area contributed by atoms with Crippen molar-refractivity contribution >= 4 is 17.4 Å². The average Bonchev–Trinajstić information content (AvgIpc) is 3.18. The maximum atomic E-state index is 13.5. The van der Waals surface area contributed by atoms with E-state index in [0.717, 1.165) is 29.5 Å². The highest BCUT2D eigenvalue weighted by molar-refractivity contribution is 6.46. The number of ether oxygens (including phenoxy) is 2. The van der Waals surface area contributed by atoms with Crippen LogP contribution < -0.4 is 9.47 Å². The standard InChI is InChI=1S/C32H35NO5/c1-5-6-18-38-26-15-14-24(20-27(26)37-4)29-28(30(34)25-19-21(2)12-13-22(25)3)31(35)32(36)33(29)17-16-23-10-8-7-9-11-23/h7-15,19-20,29,34H,5-6,16-18H2,1-4H3. The van der Waals surface area contributed by atoms with Crippen LogP contribution in [0.4, 0.5) is 0 Å². The van der Waals surface area contributed by atoms with Gasteiger partial charge >= 0.3 is 0 Å². The zero-order valence-electron chi connectivity index (χ0n) is 22.5. The van der Waals surface area contributed by atoms with Crippen LogP contribution in [0.15, 0.2) is 72.3 Å². The molecule has 1 fully saturated rings. The molecule has 4 rings (SSSR count). The summed E-state index contributed by atoms with van der Waals surface area (Å²) < 4.78 is 11.5. The minimum atomic E-state index is -0.766. The monoisotopic (exact) mass is 513 g/mol. The third-order valence-corrected chi connectivity index (χ3v) is 6.93. The predicted octanol–water partition coefficient (Wildman–Crippen LogP) is 6.16. The van der Waals surface area contributed by atoms with Gasteiger partial charge in [-0.15, -0.1) is 0 Å². The second-order valence-electron chi connectivity index (χ2n) is 9.66. The summed E-state index contributed by atoms with van der Waals surface area (Å²) in [5.74, 6) is -0.373. The summed E-state index contributed by atoms with van der Waals surface area (Å²) in [7, 11) is 1.56. The molecule has 198 valence electrons. The van der Waals surface area contributed by atoms with Gasteiger partial charge in [0.05, 0.1) is 25.3 Å². The number of ketones is 1. The van der Waals surface area contributed by atoms with Gasteiger partial charge in [0, 0.05) is 12.1 Å². The van der Waals surface area contributed by atoms with E-state index in [9.17, 15) is 14.7 Å². The second-order valence-corrected chi connectivity index (χ2v) is 9.66. The fraction of sp³-hybridized carbons (Fsp3) is 0.312. The zero-order chi connectivity index (χ0) is 27.2. The molecule has 1 amide bonds. The predicted molar refractivity (Wildman–Crippen MR) is 148 cm³/mol. The molecule has 1 saturated heterocycles. The normalized spacial score (nSPS) is 16.6. The van der Waals surface area contributed by atoms with Gasteiger partial charge in [-0.2, -0.15) is 0 Å². The first-order valence-corrected chi connectivity index (χ1v) is 13.1. The summed E-state index contributed by atoms with van der Waals surface area (Å²) in [5.41, 5.74) is 4.12. The lowest BCUT2D eigenvalue weighted by Gasteiger charge is -2.26. The van der Waals surface area contributed by atoms with Crippen molar-refractivity contribution in [3.05, 3.63) is 100 Å². The van der Waals surface area contributed by atoms with Crippen LogP contribution in [0.25, 0.3) is 5.76 Å². The van der Waals surface area contributed by atoms with Crippen LogP contribution in [-0.4, -0.2) is 42.0 Å². The molecule has 1 N–H and O–H groups in total. The Morgan fingerprint density at radius 1 is 0.974 bits per heavy atom. The summed E-state index contributed by atoms with van der Waals surface area (Å²) >= 11 is 0. The van der Waals surface area contributed by atoms with Gasteiger partial charge in [-0.1, -0.05) is 67.4 Å². The number of benzene rings is 3. The Kier molecular flexibility index (Phi) is 8.52. The van der Waals surface area contributed by atoms with Gasteiger partial charge in [0.15, 0.2) is 11.5 Å². The SMILES string of the molecule is CCCCOc1ccc(C2C(=C(O)c3cc(C)ccc3C)C(=O)C(=O)N2CCc2ccccc2)cc1OC. The highest BCUT2D eigenvalue weighted by Gasteiger charge is 2.46. The molecule has 0 aromatic heterocycles. The first-order valence-electron chi connectivity index (χ1n) is 13.1. The molecule has 1 heterocycles. The highest BCUT2D eigenvalue weighted by atomic mass is 16.5. The van der Waals surface area contributed by atoms with E-state index in [4.69, 9.17) is 9.47 Å². The summed E-state index contributed by atoms with van der Waals surface area (Å²) in [4.78, 5) is 28.4. The van der Waals surface area contributed by atoms with E-state index < -0.39 is 17.7 Å². The third-order valence-electron chi connectivity index (χ3n) is 6.93. The van der Waals surface area contributed by atoms with Gasteiger partial charge in [0.2, 0.25) is 0 Å². The Morgan fingerprint density at radius 3 is 2.45 bits per heavy atom. The van der Waals surface area contributed by atoms with E-state index in [0.29, 0.717) is 42.2 Å². The van der Waals surface area contributed by atoms with Crippen LogP contribution in [0.1, 0.15) is 53.6 Å². The number of methoxy groups -OCH3 is 1. The van der Waals surface area contributed by atoms with Crippen LogP contribution in [0.2, 0.25) is 0 Å². The van der Waals surface area contributed by atoms with Crippen LogP contribution >= 0.6 is 0 Å². The number of amides is 1. The molecule has 0 aliphatic carbocycles. The number of aliphatic hydroxyl groups is 1. The third kappa shape index (κ3) is 5.59.